The molecule has 1 aliphatic heterocycles. The predicted octanol–water partition coefficient (Wildman–Crippen LogP) is 0.692. The van der Waals surface area contributed by atoms with Gasteiger partial charge >= 0.3 is 0 Å². The molecule has 4 N–H and O–H groups in total. The molecule has 8 nitrogen and oxygen atoms in total. The lowest BCUT2D eigenvalue weighted by molar-refractivity contribution is -0.130. The number of hydrazine groups is 2. The van der Waals surface area contributed by atoms with Crippen LogP contribution < -0.4 is 26.4 Å². The number of hydrogen-bond donors (Lipinski definition) is 4. The molecule has 0 aromatic heterocycles. The van der Waals surface area contributed by atoms with Crippen molar-refractivity contribution in [2.75, 3.05) is 6.61 Å². The van der Waals surface area contributed by atoms with Crippen molar-refractivity contribution in [2.45, 2.75) is 18.5 Å². The highest BCUT2D eigenvalue weighted by Crippen LogP contribution is 2.21. The second-order valence-corrected chi connectivity index (χ2v) is 5.97. The van der Waals surface area contributed by atoms with Crippen LogP contribution in [0.15, 0.2) is 54.6 Å². The minimum Gasteiger partial charge on any atom is -0.482 e. The first-order valence-corrected chi connectivity index (χ1v) is 8.44. The highest BCUT2D eigenvalue weighted by atomic mass is 16.5. The summed E-state index contributed by atoms with van der Waals surface area (Å²) >= 11 is 0. The molecule has 2 unspecified atom stereocenters. The molecule has 0 saturated carbocycles. The Labute approximate surface area is 156 Å². The van der Waals surface area contributed by atoms with Gasteiger partial charge in [-0.2, -0.15) is 5.26 Å². The number of amides is 2. The summed E-state index contributed by atoms with van der Waals surface area (Å²) in [5.74, 6) is -0.567. The van der Waals surface area contributed by atoms with E-state index in [4.69, 9.17) is 10.00 Å². The lowest BCUT2D eigenvalue weighted by atomic mass is 10.0. The van der Waals surface area contributed by atoms with Gasteiger partial charge in [0.15, 0.2) is 6.61 Å². The van der Waals surface area contributed by atoms with E-state index in [0.29, 0.717) is 17.7 Å². The fourth-order valence-corrected chi connectivity index (χ4v) is 2.71. The molecule has 0 spiro atoms. The number of benzene rings is 2. The van der Waals surface area contributed by atoms with E-state index in [9.17, 15) is 9.59 Å². The summed E-state index contributed by atoms with van der Waals surface area (Å²) in [6.45, 7) is -0.318. The molecular weight excluding hydrogens is 346 g/mol. The molecule has 27 heavy (non-hydrogen) atoms. The van der Waals surface area contributed by atoms with Crippen LogP contribution in [0.25, 0.3) is 0 Å². The smallest absolute Gasteiger partial charge is 0.276 e. The van der Waals surface area contributed by atoms with E-state index in [-0.39, 0.29) is 18.6 Å². The number of nitrogens with zero attached hydrogens (tertiary/aromatic N) is 1. The maximum atomic E-state index is 12.2. The third kappa shape index (κ3) is 4.82. The summed E-state index contributed by atoms with van der Waals surface area (Å²) < 4.78 is 5.31. The molecule has 0 bridgehead atoms. The monoisotopic (exact) mass is 365 g/mol. The third-order valence-electron chi connectivity index (χ3n) is 4.11. The van der Waals surface area contributed by atoms with Gasteiger partial charge in [0.2, 0.25) is 0 Å². The highest BCUT2D eigenvalue weighted by molar-refractivity contribution is 5.86. The summed E-state index contributed by atoms with van der Waals surface area (Å²) in [4.78, 5) is 24.0. The number of carbonyl (C=O) groups is 2. The molecular formula is C19H19N5O3. The molecule has 8 heteroatoms. The second-order valence-electron chi connectivity index (χ2n) is 5.97. The Morgan fingerprint density at radius 2 is 1.81 bits per heavy atom. The van der Waals surface area contributed by atoms with Gasteiger partial charge in [0, 0.05) is 6.04 Å². The molecule has 0 aliphatic carbocycles. The van der Waals surface area contributed by atoms with E-state index in [0.717, 1.165) is 5.56 Å². The van der Waals surface area contributed by atoms with Crippen molar-refractivity contribution in [1.29, 1.82) is 5.26 Å². The Morgan fingerprint density at radius 1 is 1.07 bits per heavy atom. The molecule has 2 aromatic rings. The van der Waals surface area contributed by atoms with E-state index in [2.05, 4.69) is 21.7 Å². The van der Waals surface area contributed by atoms with E-state index in [1.54, 1.807) is 24.3 Å². The Kier molecular flexibility index (Phi) is 5.99. The minimum absolute atomic E-state index is 0.0171. The standard InChI is InChI=1S/C19H19N5O3/c20-11-14-8-4-5-9-17(14)27-12-18(25)23-24-19(26)16-10-15(21-22-16)13-6-2-1-3-7-13/h1-9,15-16,21-22H,10,12H2,(H,23,25)(H,24,26). The van der Waals surface area contributed by atoms with Crippen molar-refractivity contribution in [1.82, 2.24) is 21.7 Å². The number of ether oxygens (including phenoxy) is 1. The number of para-hydroxylation sites is 1. The van der Waals surface area contributed by atoms with Gasteiger partial charge < -0.3 is 4.74 Å². The van der Waals surface area contributed by atoms with Gasteiger partial charge in [0.25, 0.3) is 11.8 Å². The first-order chi connectivity index (χ1) is 13.2. The maximum absolute atomic E-state index is 12.2. The second kappa shape index (κ2) is 8.80. The van der Waals surface area contributed by atoms with Crippen LogP contribution in [0.4, 0.5) is 0 Å². The predicted molar refractivity (Wildman–Crippen MR) is 96.8 cm³/mol. The Hall–Kier alpha value is -3.41. The summed E-state index contributed by atoms with van der Waals surface area (Å²) in [5.41, 5.74) is 12.1. The molecule has 1 fully saturated rings. The van der Waals surface area contributed by atoms with Gasteiger partial charge in [0.05, 0.1) is 5.56 Å². The topological polar surface area (TPSA) is 115 Å². The summed E-state index contributed by atoms with van der Waals surface area (Å²) in [5, 5.41) is 8.98. The summed E-state index contributed by atoms with van der Waals surface area (Å²) in [7, 11) is 0. The van der Waals surface area contributed by atoms with Crippen molar-refractivity contribution in [3.63, 3.8) is 0 Å². The molecule has 2 atom stereocenters. The Bertz CT molecular complexity index is 850. The third-order valence-corrected chi connectivity index (χ3v) is 4.11. The average molecular weight is 365 g/mol. The quantitative estimate of drug-likeness (QED) is 0.580. The van der Waals surface area contributed by atoms with E-state index < -0.39 is 11.9 Å². The van der Waals surface area contributed by atoms with Crippen LogP contribution in [-0.2, 0) is 9.59 Å². The van der Waals surface area contributed by atoms with E-state index in [1.807, 2.05) is 36.4 Å². The van der Waals surface area contributed by atoms with Crippen LogP contribution in [0, 0.1) is 11.3 Å². The maximum Gasteiger partial charge on any atom is 0.276 e. The van der Waals surface area contributed by atoms with Gasteiger partial charge in [-0.15, -0.1) is 0 Å². The van der Waals surface area contributed by atoms with Gasteiger partial charge in [-0.25, -0.2) is 10.9 Å². The van der Waals surface area contributed by atoms with Crippen molar-refractivity contribution < 1.29 is 14.3 Å². The van der Waals surface area contributed by atoms with Crippen molar-refractivity contribution in [2.24, 2.45) is 0 Å². The fraction of sp³-hybridized carbons (Fsp3) is 0.211. The summed E-state index contributed by atoms with van der Waals surface area (Å²) in [6.07, 6.45) is 0.553. The molecule has 2 amide bonds. The summed E-state index contributed by atoms with van der Waals surface area (Å²) in [6, 6.07) is 17.9. The van der Waals surface area contributed by atoms with Crippen LogP contribution in [0.5, 0.6) is 5.75 Å². The lowest BCUT2D eigenvalue weighted by Gasteiger charge is -2.12. The van der Waals surface area contributed by atoms with E-state index >= 15 is 0 Å². The van der Waals surface area contributed by atoms with Gasteiger partial charge in [-0.1, -0.05) is 42.5 Å². The minimum atomic E-state index is -0.526. The molecule has 1 aliphatic rings. The molecule has 138 valence electrons. The SMILES string of the molecule is N#Cc1ccccc1OCC(=O)NNC(=O)C1CC(c2ccccc2)NN1. The molecule has 0 radical (unpaired) electrons. The van der Waals surface area contributed by atoms with Crippen LogP contribution in [0.1, 0.15) is 23.6 Å². The zero-order valence-corrected chi connectivity index (χ0v) is 14.4. The fourth-order valence-electron chi connectivity index (χ4n) is 2.71. The molecule has 2 aromatic carbocycles. The van der Waals surface area contributed by atoms with Crippen molar-refractivity contribution in [3.05, 3.63) is 65.7 Å². The van der Waals surface area contributed by atoms with Crippen molar-refractivity contribution >= 4 is 11.8 Å². The number of nitriles is 1. The number of carbonyl (C=O) groups excluding carboxylic acids is 2. The Morgan fingerprint density at radius 3 is 2.59 bits per heavy atom. The normalized spacial score (nSPS) is 18.3. The van der Waals surface area contributed by atoms with Crippen LogP contribution in [0.2, 0.25) is 0 Å². The van der Waals surface area contributed by atoms with Gasteiger partial charge in [-0.05, 0) is 24.1 Å². The molecule has 1 saturated heterocycles. The lowest BCUT2D eigenvalue weighted by Crippen LogP contribution is -2.51. The highest BCUT2D eigenvalue weighted by Gasteiger charge is 2.30. The van der Waals surface area contributed by atoms with E-state index in [1.165, 1.54) is 0 Å². The Balaban J connectivity index is 1.43. The average Bonchev–Trinajstić information content (AvgIpc) is 3.21. The van der Waals surface area contributed by atoms with Gasteiger partial charge in [-0.3, -0.25) is 20.4 Å². The zero-order valence-electron chi connectivity index (χ0n) is 14.4. The number of nitrogens with one attached hydrogen (secondary N) is 4. The van der Waals surface area contributed by atoms with Crippen LogP contribution in [0.3, 0.4) is 0 Å². The van der Waals surface area contributed by atoms with Crippen LogP contribution in [-0.4, -0.2) is 24.5 Å². The number of rotatable bonds is 5. The largest absolute Gasteiger partial charge is 0.482 e. The number of hydrogen-bond acceptors (Lipinski definition) is 6. The van der Waals surface area contributed by atoms with Crippen molar-refractivity contribution in [3.8, 4) is 11.8 Å². The first-order valence-electron chi connectivity index (χ1n) is 8.44. The van der Waals surface area contributed by atoms with Gasteiger partial charge in [0.1, 0.15) is 17.9 Å². The first kappa shape index (κ1) is 18.4. The molecule has 1 heterocycles. The van der Waals surface area contributed by atoms with Crippen LogP contribution >= 0.6 is 0 Å². The molecule has 3 rings (SSSR count). The zero-order chi connectivity index (χ0) is 19.1.